The van der Waals surface area contributed by atoms with E-state index in [9.17, 15) is 9.18 Å². The Morgan fingerprint density at radius 1 is 0.914 bits per heavy atom. The minimum atomic E-state index is -0.387. The molecule has 0 aliphatic rings. The molecule has 0 atom stereocenters. The van der Waals surface area contributed by atoms with Gasteiger partial charge in [-0.25, -0.2) is 9.07 Å². The number of halogens is 1. The predicted molar refractivity (Wildman–Crippen MR) is 133 cm³/mol. The first kappa shape index (κ1) is 22.5. The Kier molecular flexibility index (Phi) is 6.67. The van der Waals surface area contributed by atoms with Crippen LogP contribution in [0.15, 0.2) is 102 Å². The molecule has 1 amide bonds. The molecule has 2 aromatic heterocycles. The average Bonchev–Trinajstić information content (AvgIpc) is 3.58. The fourth-order valence-corrected chi connectivity index (χ4v) is 4.44. The third-order valence-corrected chi connectivity index (χ3v) is 6.24. The van der Waals surface area contributed by atoms with Crippen LogP contribution in [0.1, 0.15) is 5.56 Å². The zero-order valence-electron chi connectivity index (χ0n) is 18.6. The normalized spacial score (nSPS) is 10.9. The molecule has 0 saturated heterocycles. The van der Waals surface area contributed by atoms with Crippen LogP contribution in [0.5, 0.6) is 0 Å². The molecule has 0 aliphatic carbocycles. The van der Waals surface area contributed by atoms with Crippen molar-refractivity contribution in [3.05, 3.63) is 109 Å². The van der Waals surface area contributed by atoms with Gasteiger partial charge in [0.1, 0.15) is 5.82 Å². The molecule has 5 rings (SSSR count). The van der Waals surface area contributed by atoms with E-state index in [1.54, 1.807) is 33.6 Å². The van der Waals surface area contributed by atoms with Crippen molar-refractivity contribution in [1.29, 1.82) is 0 Å². The number of aromatic nitrogens is 5. The SMILES string of the molecule is O=C(CSc1nnc(-c2ccccc2F)n1-c1ccccc1)NCc1ccccc1-n1cccn1. The second-order valence-corrected chi connectivity index (χ2v) is 8.54. The molecule has 0 radical (unpaired) electrons. The van der Waals surface area contributed by atoms with Crippen molar-refractivity contribution in [3.8, 4) is 22.8 Å². The molecule has 0 spiro atoms. The summed E-state index contributed by atoms with van der Waals surface area (Å²) >= 11 is 1.25. The van der Waals surface area contributed by atoms with Crippen LogP contribution in [0.3, 0.4) is 0 Å². The first-order valence-electron chi connectivity index (χ1n) is 10.9. The van der Waals surface area contributed by atoms with Crippen molar-refractivity contribution in [2.24, 2.45) is 0 Å². The first-order valence-corrected chi connectivity index (χ1v) is 11.9. The van der Waals surface area contributed by atoms with E-state index in [2.05, 4.69) is 20.6 Å². The molecule has 35 heavy (non-hydrogen) atoms. The van der Waals surface area contributed by atoms with Crippen LogP contribution in [0.4, 0.5) is 4.39 Å². The van der Waals surface area contributed by atoms with Crippen molar-refractivity contribution in [1.82, 2.24) is 29.9 Å². The van der Waals surface area contributed by atoms with E-state index >= 15 is 0 Å². The van der Waals surface area contributed by atoms with Crippen LogP contribution in [0, 0.1) is 5.82 Å². The molecule has 0 bridgehead atoms. The summed E-state index contributed by atoms with van der Waals surface area (Å²) in [6, 6.07) is 25.5. The van der Waals surface area contributed by atoms with E-state index in [0.29, 0.717) is 23.1 Å². The number of hydrogen-bond donors (Lipinski definition) is 1. The van der Waals surface area contributed by atoms with Crippen LogP contribution >= 0.6 is 11.8 Å². The van der Waals surface area contributed by atoms with E-state index in [4.69, 9.17) is 0 Å². The number of thioether (sulfide) groups is 1. The number of hydrogen-bond acceptors (Lipinski definition) is 5. The number of rotatable bonds is 8. The molecule has 0 unspecified atom stereocenters. The van der Waals surface area contributed by atoms with Gasteiger partial charge in [0, 0.05) is 24.6 Å². The van der Waals surface area contributed by atoms with Crippen LogP contribution in [0.2, 0.25) is 0 Å². The monoisotopic (exact) mass is 484 g/mol. The Morgan fingerprint density at radius 2 is 1.69 bits per heavy atom. The summed E-state index contributed by atoms with van der Waals surface area (Å²) in [5.74, 6) is -0.0282. The standard InChI is InChI=1S/C26H21FN6OS/c27-22-13-6-5-12-21(22)25-30-31-26(33(25)20-10-2-1-3-11-20)35-18-24(34)28-17-19-9-4-7-14-23(19)32-16-8-15-29-32/h1-16H,17-18H2,(H,28,34). The molecule has 174 valence electrons. The van der Waals surface area contributed by atoms with Crippen molar-refractivity contribution in [3.63, 3.8) is 0 Å². The third-order valence-electron chi connectivity index (χ3n) is 5.31. The van der Waals surface area contributed by atoms with Gasteiger partial charge in [-0.3, -0.25) is 9.36 Å². The lowest BCUT2D eigenvalue weighted by molar-refractivity contribution is -0.118. The molecule has 0 fully saturated rings. The van der Waals surface area contributed by atoms with Crippen LogP contribution < -0.4 is 5.32 Å². The van der Waals surface area contributed by atoms with Gasteiger partial charge in [-0.15, -0.1) is 10.2 Å². The van der Waals surface area contributed by atoms with Gasteiger partial charge in [-0.05, 0) is 42.0 Å². The summed E-state index contributed by atoms with van der Waals surface area (Å²) < 4.78 is 18.1. The molecule has 7 nitrogen and oxygen atoms in total. The number of carbonyl (C=O) groups excluding carboxylic acids is 1. The highest BCUT2D eigenvalue weighted by atomic mass is 32.2. The summed E-state index contributed by atoms with van der Waals surface area (Å²) in [6.07, 6.45) is 3.57. The summed E-state index contributed by atoms with van der Waals surface area (Å²) in [4.78, 5) is 12.7. The van der Waals surface area contributed by atoms with Crippen molar-refractivity contribution < 1.29 is 9.18 Å². The maximum atomic E-state index is 14.5. The molecule has 3 aromatic carbocycles. The molecular formula is C26H21FN6OS. The second-order valence-electron chi connectivity index (χ2n) is 7.60. The van der Waals surface area contributed by atoms with E-state index in [0.717, 1.165) is 16.9 Å². The fraction of sp³-hybridized carbons (Fsp3) is 0.0769. The molecule has 0 aliphatic heterocycles. The lowest BCUT2D eigenvalue weighted by Crippen LogP contribution is -2.25. The van der Waals surface area contributed by atoms with Gasteiger partial charge >= 0.3 is 0 Å². The highest BCUT2D eigenvalue weighted by molar-refractivity contribution is 7.99. The highest BCUT2D eigenvalue weighted by Crippen LogP contribution is 2.29. The van der Waals surface area contributed by atoms with Crippen molar-refractivity contribution in [2.45, 2.75) is 11.7 Å². The first-order chi connectivity index (χ1) is 17.2. The van der Waals surface area contributed by atoms with Crippen LogP contribution in [-0.2, 0) is 11.3 Å². The van der Waals surface area contributed by atoms with E-state index in [1.807, 2.05) is 66.9 Å². The van der Waals surface area contributed by atoms with E-state index < -0.39 is 0 Å². The van der Waals surface area contributed by atoms with Crippen LogP contribution in [-0.4, -0.2) is 36.2 Å². The van der Waals surface area contributed by atoms with Crippen molar-refractivity contribution in [2.75, 3.05) is 5.75 Å². The average molecular weight is 485 g/mol. The number of benzene rings is 3. The van der Waals surface area contributed by atoms with Gasteiger partial charge in [0.15, 0.2) is 11.0 Å². The Balaban J connectivity index is 1.33. The number of carbonyl (C=O) groups is 1. The maximum Gasteiger partial charge on any atom is 0.230 e. The Labute approximate surface area is 205 Å². The largest absolute Gasteiger partial charge is 0.351 e. The highest BCUT2D eigenvalue weighted by Gasteiger charge is 2.19. The second kappa shape index (κ2) is 10.4. The zero-order valence-corrected chi connectivity index (χ0v) is 19.4. The third kappa shape index (κ3) is 4.99. The van der Waals surface area contributed by atoms with Gasteiger partial charge in [0.2, 0.25) is 5.91 Å². The zero-order chi connectivity index (χ0) is 24.0. The number of amides is 1. The summed E-state index contributed by atoms with van der Waals surface area (Å²) in [6.45, 7) is 0.362. The summed E-state index contributed by atoms with van der Waals surface area (Å²) in [5, 5.41) is 16.3. The quantitative estimate of drug-likeness (QED) is 0.324. The van der Waals surface area contributed by atoms with Crippen LogP contribution in [0.25, 0.3) is 22.8 Å². The molecule has 5 aromatic rings. The van der Waals surface area contributed by atoms with E-state index in [1.165, 1.54) is 17.8 Å². The van der Waals surface area contributed by atoms with Gasteiger partial charge in [0.25, 0.3) is 0 Å². The Hall–Kier alpha value is -4.24. The van der Waals surface area contributed by atoms with Crippen molar-refractivity contribution >= 4 is 17.7 Å². The topological polar surface area (TPSA) is 77.6 Å². The van der Waals surface area contributed by atoms with Gasteiger partial charge in [-0.1, -0.05) is 60.3 Å². The molecule has 0 saturated carbocycles. The molecule has 9 heteroatoms. The number of para-hydroxylation sites is 2. The predicted octanol–water partition coefficient (Wildman–Crippen LogP) is 4.67. The Bertz CT molecular complexity index is 1440. The Morgan fingerprint density at radius 3 is 2.49 bits per heavy atom. The molecule has 2 heterocycles. The number of nitrogens with one attached hydrogen (secondary N) is 1. The van der Waals surface area contributed by atoms with Gasteiger partial charge in [0.05, 0.1) is 17.0 Å². The number of nitrogens with zero attached hydrogens (tertiary/aromatic N) is 5. The summed E-state index contributed by atoms with van der Waals surface area (Å²) in [7, 11) is 0. The fourth-order valence-electron chi connectivity index (χ4n) is 3.66. The minimum absolute atomic E-state index is 0.131. The van der Waals surface area contributed by atoms with Gasteiger partial charge in [-0.2, -0.15) is 5.10 Å². The molecular weight excluding hydrogens is 463 g/mol. The summed E-state index contributed by atoms with van der Waals surface area (Å²) in [5.41, 5.74) is 2.98. The molecule has 1 N–H and O–H groups in total. The lowest BCUT2D eigenvalue weighted by Gasteiger charge is -2.12. The maximum absolute atomic E-state index is 14.5. The minimum Gasteiger partial charge on any atom is -0.351 e. The van der Waals surface area contributed by atoms with Gasteiger partial charge < -0.3 is 5.32 Å². The lowest BCUT2D eigenvalue weighted by atomic mass is 10.2. The smallest absolute Gasteiger partial charge is 0.230 e. The van der Waals surface area contributed by atoms with E-state index in [-0.39, 0.29) is 17.5 Å².